The minimum Gasteiger partial charge on any atom is -0.405 e. The van der Waals surface area contributed by atoms with E-state index in [1.54, 1.807) is 0 Å². The van der Waals surface area contributed by atoms with Gasteiger partial charge in [0.1, 0.15) is 0 Å². The lowest BCUT2D eigenvalue weighted by Gasteiger charge is -1.79. The summed E-state index contributed by atoms with van der Waals surface area (Å²) in [5.41, 5.74) is 4.61. The normalized spacial score (nSPS) is 6.00. The Morgan fingerprint density at radius 3 is 1.40 bits per heavy atom. The molecule has 10 heavy (non-hydrogen) atoms. The van der Waals surface area contributed by atoms with Gasteiger partial charge in [-0.25, -0.2) is 0 Å². The third-order valence-electron chi connectivity index (χ3n) is 0.707. The van der Waals surface area contributed by atoms with Crippen LogP contribution in [0.15, 0.2) is 12.8 Å². The van der Waals surface area contributed by atoms with E-state index >= 15 is 0 Å². The molecule has 0 aromatic rings. The van der Waals surface area contributed by atoms with E-state index < -0.39 is 0 Å². The fourth-order valence-corrected chi connectivity index (χ4v) is 0.354. The van der Waals surface area contributed by atoms with E-state index in [0.29, 0.717) is 0 Å². The Morgan fingerprint density at radius 1 is 1.20 bits per heavy atom. The molecule has 0 bridgehead atoms. The molecule has 0 fully saturated rings. The minimum absolute atomic E-state index is 1.25. The smallest absolute Gasteiger partial charge is 0.0136 e. The Kier molecular flexibility index (Phi) is 63.0. The topological polar surface area (TPSA) is 26.0 Å². The molecule has 2 N–H and O–H groups in total. The molecule has 0 aliphatic heterocycles. The van der Waals surface area contributed by atoms with Crippen LogP contribution in [0.2, 0.25) is 0 Å². The van der Waals surface area contributed by atoms with Gasteiger partial charge >= 0.3 is 0 Å². The predicted molar refractivity (Wildman–Crippen MR) is 50.9 cm³/mol. The number of hydrogen-bond donors (Lipinski definition) is 1. The summed E-state index contributed by atoms with van der Waals surface area (Å²) in [7, 11) is 0. The Balaban J connectivity index is -0.0000000847. The summed E-state index contributed by atoms with van der Waals surface area (Å²) in [6.45, 7) is 11.6. The van der Waals surface area contributed by atoms with Gasteiger partial charge in [-0.15, -0.1) is 0 Å². The molecule has 0 aliphatic carbocycles. The highest BCUT2D eigenvalue weighted by Crippen LogP contribution is 1.88. The zero-order valence-electron chi connectivity index (χ0n) is 7.98. The van der Waals surface area contributed by atoms with Crippen molar-refractivity contribution in [2.75, 3.05) is 0 Å². The Morgan fingerprint density at radius 2 is 1.40 bits per heavy atom. The summed E-state index contributed by atoms with van der Waals surface area (Å²) < 4.78 is 0. The highest BCUT2D eigenvalue weighted by molar-refractivity contribution is 4.48. The number of nitrogens with two attached hydrogens (primary N) is 1. The second kappa shape index (κ2) is 38.7. The zero-order valence-corrected chi connectivity index (χ0v) is 7.98. The van der Waals surface area contributed by atoms with Gasteiger partial charge in [0.15, 0.2) is 0 Å². The van der Waals surface area contributed by atoms with Crippen LogP contribution in [-0.4, -0.2) is 0 Å². The summed E-state index contributed by atoms with van der Waals surface area (Å²) in [6.07, 6.45) is 5.33. The van der Waals surface area contributed by atoms with Crippen LogP contribution in [0.4, 0.5) is 0 Å². The third kappa shape index (κ3) is 136. The molecule has 0 radical (unpaired) electrons. The molecule has 0 saturated carbocycles. The minimum atomic E-state index is 1.25. The van der Waals surface area contributed by atoms with Gasteiger partial charge in [0.05, 0.1) is 0 Å². The van der Waals surface area contributed by atoms with Crippen molar-refractivity contribution in [1.82, 2.24) is 0 Å². The lowest BCUT2D eigenvalue weighted by molar-refractivity contribution is 0.772. The van der Waals surface area contributed by atoms with Crippen molar-refractivity contribution in [3.63, 3.8) is 0 Å². The van der Waals surface area contributed by atoms with Gasteiger partial charge in [-0.3, -0.25) is 0 Å². The molecule has 1 nitrogen and oxygen atoms in total. The largest absolute Gasteiger partial charge is 0.405 e. The maximum Gasteiger partial charge on any atom is -0.0136 e. The molecule has 0 atom stereocenters. The first-order chi connectivity index (χ1) is 4.83. The number of rotatable bonds is 2. The molecule has 0 unspecified atom stereocenters. The van der Waals surface area contributed by atoms with Crippen molar-refractivity contribution in [3.05, 3.63) is 12.8 Å². The van der Waals surface area contributed by atoms with E-state index in [0.717, 1.165) is 0 Å². The molecule has 0 heterocycles. The maximum atomic E-state index is 4.61. The van der Waals surface area contributed by atoms with Crippen molar-refractivity contribution in [1.29, 1.82) is 0 Å². The van der Waals surface area contributed by atoms with Crippen LogP contribution in [0.3, 0.4) is 0 Å². The molecule has 0 spiro atoms. The Bertz CT molecular complexity index is 31.7. The molecule has 64 valence electrons. The first kappa shape index (κ1) is 16.3. The van der Waals surface area contributed by atoms with Crippen molar-refractivity contribution >= 4 is 0 Å². The molecule has 0 saturated heterocycles. The number of unbranched alkanes of at least 4 members (excludes halogenated alkanes) is 2. The monoisotopic (exact) mass is 145 g/mol. The van der Waals surface area contributed by atoms with Gasteiger partial charge < -0.3 is 5.73 Å². The second-order valence-electron chi connectivity index (χ2n) is 1.59. The highest BCUT2D eigenvalue weighted by Gasteiger charge is 1.68. The average Bonchev–Trinajstić information content (AvgIpc) is 1.96. The average molecular weight is 145 g/mol. The first-order valence-electron chi connectivity index (χ1n) is 4.16. The lowest BCUT2D eigenvalue weighted by Crippen LogP contribution is -1.67. The van der Waals surface area contributed by atoms with Crippen molar-refractivity contribution in [2.24, 2.45) is 5.73 Å². The van der Waals surface area contributed by atoms with E-state index in [4.69, 9.17) is 0 Å². The SMILES string of the molecule is C=CN.CC.CCCCC. The summed E-state index contributed by atoms with van der Waals surface area (Å²) in [6, 6.07) is 0. The fraction of sp³-hybridized carbons (Fsp3) is 0.778. The van der Waals surface area contributed by atoms with Crippen molar-refractivity contribution in [2.45, 2.75) is 47.0 Å². The maximum absolute atomic E-state index is 4.61. The predicted octanol–water partition coefficient (Wildman–Crippen LogP) is 3.31. The molecule has 0 rings (SSSR count). The Hall–Kier alpha value is -0.460. The van der Waals surface area contributed by atoms with E-state index in [1.165, 1.54) is 25.5 Å². The zero-order chi connectivity index (χ0) is 8.83. The molecule has 0 amide bonds. The van der Waals surface area contributed by atoms with E-state index in [-0.39, 0.29) is 0 Å². The summed E-state index contributed by atoms with van der Waals surface area (Å²) in [5, 5.41) is 0. The molecule has 0 aromatic heterocycles. The quantitative estimate of drug-likeness (QED) is 0.634. The summed E-state index contributed by atoms with van der Waals surface area (Å²) >= 11 is 0. The van der Waals surface area contributed by atoms with Gasteiger partial charge in [0.25, 0.3) is 0 Å². The van der Waals surface area contributed by atoms with Crippen LogP contribution in [0.25, 0.3) is 0 Å². The fourth-order valence-electron chi connectivity index (χ4n) is 0.354. The van der Waals surface area contributed by atoms with Crippen LogP contribution in [-0.2, 0) is 0 Å². The van der Waals surface area contributed by atoms with Gasteiger partial charge in [0.2, 0.25) is 0 Å². The summed E-state index contributed by atoms with van der Waals surface area (Å²) in [5.74, 6) is 0. The van der Waals surface area contributed by atoms with Crippen molar-refractivity contribution < 1.29 is 0 Å². The van der Waals surface area contributed by atoms with Crippen LogP contribution in [0, 0.1) is 0 Å². The van der Waals surface area contributed by atoms with E-state index in [9.17, 15) is 0 Å². The third-order valence-corrected chi connectivity index (χ3v) is 0.707. The summed E-state index contributed by atoms with van der Waals surface area (Å²) in [4.78, 5) is 0. The van der Waals surface area contributed by atoms with Crippen LogP contribution >= 0.6 is 0 Å². The van der Waals surface area contributed by atoms with E-state index in [2.05, 4.69) is 26.2 Å². The highest BCUT2D eigenvalue weighted by atomic mass is 14.5. The standard InChI is InChI=1S/C5H12.C2H5N.C2H6/c1-3-5-4-2;1-2-3;1-2/h3-5H2,1-2H3;2H,1,3H2;1-2H3. The van der Waals surface area contributed by atoms with E-state index in [1.807, 2.05) is 13.8 Å². The second-order valence-corrected chi connectivity index (χ2v) is 1.59. The van der Waals surface area contributed by atoms with Crippen LogP contribution < -0.4 is 5.73 Å². The molecule has 1 heteroatoms. The van der Waals surface area contributed by atoms with Crippen LogP contribution in [0.5, 0.6) is 0 Å². The Labute approximate surface area is 66.3 Å². The van der Waals surface area contributed by atoms with Gasteiger partial charge in [0, 0.05) is 0 Å². The molecular formula is C9H23N. The van der Waals surface area contributed by atoms with Gasteiger partial charge in [-0.05, 0) is 6.20 Å². The van der Waals surface area contributed by atoms with Gasteiger partial charge in [-0.1, -0.05) is 53.5 Å². The molecular weight excluding hydrogens is 122 g/mol. The lowest BCUT2D eigenvalue weighted by atomic mass is 10.3. The number of hydrogen-bond acceptors (Lipinski definition) is 1. The molecule has 0 aromatic carbocycles. The first-order valence-corrected chi connectivity index (χ1v) is 4.16. The van der Waals surface area contributed by atoms with Crippen molar-refractivity contribution in [3.8, 4) is 0 Å². The van der Waals surface area contributed by atoms with Crippen LogP contribution in [0.1, 0.15) is 47.0 Å². The van der Waals surface area contributed by atoms with Gasteiger partial charge in [-0.2, -0.15) is 0 Å². The molecule has 0 aliphatic rings.